The molecular formula is C16H15F3NOP. The van der Waals surface area contributed by atoms with E-state index in [1.165, 1.54) is 0 Å². The van der Waals surface area contributed by atoms with E-state index in [9.17, 15) is 17.7 Å². The van der Waals surface area contributed by atoms with Gasteiger partial charge in [0.25, 0.3) is 0 Å². The van der Waals surface area contributed by atoms with E-state index in [2.05, 4.69) is 5.32 Å². The van der Waals surface area contributed by atoms with Gasteiger partial charge in [-0.05, 0) is 6.92 Å². The monoisotopic (exact) mass is 325 g/mol. The highest BCUT2D eigenvalue weighted by atomic mass is 31.2. The molecule has 2 aromatic rings. The van der Waals surface area contributed by atoms with Gasteiger partial charge >= 0.3 is 6.18 Å². The molecule has 2 nitrogen and oxygen atoms in total. The van der Waals surface area contributed by atoms with Crippen molar-refractivity contribution in [3.63, 3.8) is 0 Å². The van der Waals surface area contributed by atoms with E-state index in [1.807, 2.05) is 0 Å². The van der Waals surface area contributed by atoms with Gasteiger partial charge in [0.1, 0.15) is 5.54 Å². The van der Waals surface area contributed by atoms with Gasteiger partial charge < -0.3 is 4.57 Å². The first-order valence-electron chi connectivity index (χ1n) is 6.85. The summed E-state index contributed by atoms with van der Waals surface area (Å²) in [5, 5.41) is 3.31. The molecule has 0 amide bonds. The van der Waals surface area contributed by atoms with Crippen LogP contribution in [0.2, 0.25) is 0 Å². The first kappa shape index (κ1) is 15.3. The summed E-state index contributed by atoms with van der Waals surface area (Å²) in [6.07, 6.45) is -4.45. The fraction of sp³-hybridized carbons (Fsp3) is 0.250. The Hall–Kier alpha value is -1.58. The van der Waals surface area contributed by atoms with Crippen LogP contribution < -0.4 is 15.9 Å². The lowest BCUT2D eigenvalue weighted by Crippen LogP contribution is -2.35. The molecule has 1 fully saturated rings. The highest BCUT2D eigenvalue weighted by Gasteiger charge is 2.73. The molecule has 0 spiro atoms. The van der Waals surface area contributed by atoms with Crippen LogP contribution >= 0.6 is 7.14 Å². The molecule has 0 unspecified atom stereocenters. The van der Waals surface area contributed by atoms with Crippen molar-refractivity contribution in [3.05, 3.63) is 60.7 Å². The number of benzene rings is 2. The molecule has 22 heavy (non-hydrogen) atoms. The van der Waals surface area contributed by atoms with Crippen molar-refractivity contribution in [2.24, 2.45) is 0 Å². The van der Waals surface area contributed by atoms with Gasteiger partial charge in [0.2, 0.25) is 0 Å². The zero-order chi connectivity index (χ0) is 16.0. The number of alkyl halides is 3. The van der Waals surface area contributed by atoms with Crippen molar-refractivity contribution in [2.45, 2.75) is 24.4 Å². The van der Waals surface area contributed by atoms with Crippen LogP contribution in [0.25, 0.3) is 0 Å². The fourth-order valence-electron chi connectivity index (χ4n) is 2.68. The number of hydrogen-bond acceptors (Lipinski definition) is 2. The summed E-state index contributed by atoms with van der Waals surface area (Å²) in [4.78, 5) is 0. The minimum absolute atomic E-state index is 0.437. The van der Waals surface area contributed by atoms with Gasteiger partial charge in [-0.1, -0.05) is 60.7 Å². The van der Waals surface area contributed by atoms with E-state index in [4.69, 9.17) is 0 Å². The van der Waals surface area contributed by atoms with E-state index in [0.29, 0.717) is 10.6 Å². The second-order valence-electron chi connectivity index (χ2n) is 5.58. The van der Waals surface area contributed by atoms with E-state index in [0.717, 1.165) is 6.92 Å². The minimum Gasteiger partial charge on any atom is -0.312 e. The maximum atomic E-state index is 13.7. The summed E-state index contributed by atoms with van der Waals surface area (Å²) in [6.45, 7) is 1.07. The molecule has 2 atom stereocenters. The first-order valence-corrected chi connectivity index (χ1v) is 8.63. The van der Waals surface area contributed by atoms with Crippen LogP contribution in [-0.4, -0.2) is 17.5 Å². The topological polar surface area (TPSA) is 39.0 Å². The van der Waals surface area contributed by atoms with E-state index in [1.54, 1.807) is 60.7 Å². The predicted molar refractivity (Wildman–Crippen MR) is 81.1 cm³/mol. The van der Waals surface area contributed by atoms with Crippen LogP contribution in [0.3, 0.4) is 0 Å². The molecule has 1 saturated heterocycles. The zero-order valence-electron chi connectivity index (χ0n) is 11.8. The van der Waals surface area contributed by atoms with E-state index < -0.39 is 24.6 Å². The summed E-state index contributed by atoms with van der Waals surface area (Å²) >= 11 is 0. The second kappa shape index (κ2) is 4.97. The number of hydrogen-bond donors (Lipinski definition) is 1. The molecule has 1 N–H and O–H groups in total. The Bertz CT molecular complexity index is 674. The summed E-state index contributed by atoms with van der Waals surface area (Å²) in [5.41, 5.74) is -2.12. The Morgan fingerprint density at radius 2 is 1.36 bits per heavy atom. The van der Waals surface area contributed by atoms with Gasteiger partial charge in [-0.15, -0.1) is 0 Å². The Morgan fingerprint density at radius 3 is 1.68 bits per heavy atom. The molecule has 0 saturated carbocycles. The minimum atomic E-state index is -4.45. The third kappa shape index (κ3) is 2.20. The van der Waals surface area contributed by atoms with Gasteiger partial charge in [0.05, 0.1) is 5.78 Å². The number of nitrogens with one attached hydrogen (secondary N) is 1. The van der Waals surface area contributed by atoms with Crippen LogP contribution in [0.1, 0.15) is 6.92 Å². The SMILES string of the molecule is C[C@]1(C(F)(F)F)N[C@H]1P(=O)(c1ccccc1)c1ccccc1. The highest BCUT2D eigenvalue weighted by molar-refractivity contribution is 7.79. The summed E-state index contributed by atoms with van der Waals surface area (Å²) in [7, 11) is -3.43. The predicted octanol–water partition coefficient (Wildman–Crippen LogP) is 3.25. The second-order valence-corrected chi connectivity index (χ2v) is 8.44. The molecule has 0 aliphatic carbocycles. The maximum Gasteiger partial charge on any atom is 0.408 e. The van der Waals surface area contributed by atoms with Crippen LogP contribution in [-0.2, 0) is 4.57 Å². The molecule has 1 aliphatic rings. The molecule has 6 heteroatoms. The molecule has 2 aromatic carbocycles. The highest BCUT2D eigenvalue weighted by Crippen LogP contribution is 2.61. The molecule has 3 rings (SSSR count). The Balaban J connectivity index is 2.14. The lowest BCUT2D eigenvalue weighted by Gasteiger charge is -2.21. The van der Waals surface area contributed by atoms with Crippen molar-refractivity contribution < 1.29 is 17.7 Å². The molecule has 116 valence electrons. The lowest BCUT2D eigenvalue weighted by atomic mass is 10.2. The fourth-order valence-corrected chi connectivity index (χ4v) is 6.13. The van der Waals surface area contributed by atoms with Gasteiger partial charge in [-0.3, -0.25) is 5.32 Å². The van der Waals surface area contributed by atoms with Crippen LogP contribution in [0.15, 0.2) is 60.7 Å². The van der Waals surface area contributed by atoms with Crippen molar-refractivity contribution in [3.8, 4) is 0 Å². The summed E-state index contributed by atoms with van der Waals surface area (Å²) in [6, 6.07) is 16.8. The average Bonchev–Trinajstić information content (AvgIpc) is 3.22. The summed E-state index contributed by atoms with van der Waals surface area (Å²) in [5.74, 6) is -1.13. The van der Waals surface area contributed by atoms with Crippen LogP contribution in [0.5, 0.6) is 0 Å². The lowest BCUT2D eigenvalue weighted by molar-refractivity contribution is -0.155. The van der Waals surface area contributed by atoms with Crippen LogP contribution in [0, 0.1) is 0 Å². The van der Waals surface area contributed by atoms with Crippen molar-refractivity contribution in [2.75, 3.05) is 0 Å². The largest absolute Gasteiger partial charge is 0.408 e. The molecule has 0 bridgehead atoms. The van der Waals surface area contributed by atoms with Crippen molar-refractivity contribution in [1.82, 2.24) is 5.32 Å². The Kier molecular flexibility index (Phi) is 3.46. The van der Waals surface area contributed by atoms with E-state index in [-0.39, 0.29) is 0 Å². The van der Waals surface area contributed by atoms with Gasteiger partial charge in [-0.2, -0.15) is 13.2 Å². The normalized spacial score (nSPS) is 25.0. The maximum absolute atomic E-state index is 13.7. The molecular weight excluding hydrogens is 310 g/mol. The zero-order valence-corrected chi connectivity index (χ0v) is 12.7. The van der Waals surface area contributed by atoms with E-state index >= 15 is 0 Å². The third-order valence-electron chi connectivity index (χ3n) is 4.13. The quantitative estimate of drug-likeness (QED) is 0.695. The molecule has 1 heterocycles. The van der Waals surface area contributed by atoms with Gasteiger partial charge in [-0.25, -0.2) is 0 Å². The summed E-state index contributed by atoms with van der Waals surface area (Å²) < 4.78 is 53.4. The van der Waals surface area contributed by atoms with Crippen LogP contribution in [0.4, 0.5) is 13.2 Å². The standard InChI is InChI=1S/C16H15F3NOP/c1-15(16(17,18)19)14(20-15)22(21,12-8-4-2-5-9-12)13-10-6-3-7-11-13/h2-11,14,20H,1H3/t14-,15-/m0/s1. The molecule has 1 aliphatic heterocycles. The van der Waals surface area contributed by atoms with Crippen molar-refractivity contribution >= 4 is 17.8 Å². The Labute approximate surface area is 126 Å². The molecule has 0 aromatic heterocycles. The average molecular weight is 325 g/mol. The third-order valence-corrected chi connectivity index (χ3v) is 7.64. The van der Waals surface area contributed by atoms with Crippen molar-refractivity contribution in [1.29, 1.82) is 0 Å². The molecule has 0 radical (unpaired) electrons. The van der Waals surface area contributed by atoms with Gasteiger partial charge in [0.15, 0.2) is 7.14 Å². The van der Waals surface area contributed by atoms with Gasteiger partial charge in [0, 0.05) is 10.6 Å². The number of halogens is 3. The smallest absolute Gasteiger partial charge is 0.312 e. The number of rotatable bonds is 3. The first-order chi connectivity index (χ1) is 10.3. The Morgan fingerprint density at radius 1 is 0.955 bits per heavy atom.